The van der Waals surface area contributed by atoms with Gasteiger partial charge in [0.15, 0.2) is 0 Å². The van der Waals surface area contributed by atoms with Gasteiger partial charge in [0.05, 0.1) is 6.42 Å². The number of hydrogen-bond donors (Lipinski definition) is 2. The number of hydrogen-bond acceptors (Lipinski definition) is 4. The molecule has 5 nitrogen and oxygen atoms in total. The van der Waals surface area contributed by atoms with Crippen LogP contribution in [0.15, 0.2) is 0 Å². The van der Waals surface area contributed by atoms with E-state index in [0.717, 1.165) is 12.8 Å². The number of ketones is 2. The Balaban J connectivity index is -0.000000208. The summed E-state index contributed by atoms with van der Waals surface area (Å²) in [5, 5.41) is 16.0. The Morgan fingerprint density at radius 2 is 1.67 bits per heavy atom. The molecule has 0 aromatic carbocycles. The second-order valence-electron chi connectivity index (χ2n) is 2.68. The van der Waals surface area contributed by atoms with Crippen LogP contribution in [-0.4, -0.2) is 34.4 Å². The Bertz CT molecular complexity index is 201. The summed E-state index contributed by atoms with van der Waals surface area (Å²) in [7, 11) is 0. The van der Waals surface area contributed by atoms with Crippen molar-refractivity contribution in [1.29, 1.82) is 0 Å². The summed E-state index contributed by atoms with van der Waals surface area (Å²) in [5.41, 5.74) is 0. The van der Waals surface area contributed by atoms with Gasteiger partial charge in [-0.1, -0.05) is 13.3 Å². The molecule has 0 aliphatic rings. The molecule has 0 saturated heterocycles. The third-order valence-corrected chi connectivity index (χ3v) is 1.16. The van der Waals surface area contributed by atoms with E-state index in [1.807, 2.05) is 0 Å². The van der Waals surface area contributed by atoms with Gasteiger partial charge in [-0.15, -0.1) is 0 Å². The van der Waals surface area contributed by atoms with Crippen LogP contribution in [0.5, 0.6) is 0 Å². The Labute approximate surface area is 108 Å². The minimum atomic E-state index is -1.55. The fourth-order valence-corrected chi connectivity index (χ4v) is 0.460. The molecule has 0 aromatic rings. The van der Waals surface area contributed by atoms with Crippen LogP contribution in [0.3, 0.4) is 0 Å². The van der Waals surface area contributed by atoms with Crippen molar-refractivity contribution in [3.8, 4) is 0 Å². The van der Waals surface area contributed by atoms with Crippen LogP contribution in [-0.2, 0) is 40.6 Å². The van der Waals surface area contributed by atoms with Crippen LogP contribution in [0, 0.1) is 0 Å². The van der Waals surface area contributed by atoms with Crippen molar-refractivity contribution in [1.82, 2.24) is 0 Å². The van der Waals surface area contributed by atoms with E-state index >= 15 is 0 Å². The molecule has 0 unspecified atom stereocenters. The summed E-state index contributed by atoms with van der Waals surface area (Å²) in [6, 6.07) is 0. The molecule has 0 aromatic heterocycles. The predicted molar refractivity (Wildman–Crippen MR) is 49.9 cm³/mol. The maximum absolute atomic E-state index is 10.1. The molecule has 0 spiro atoms. The normalized spacial score (nSPS) is 7.93. The maximum atomic E-state index is 10.1. The number of aliphatic hydroxyl groups excluding tert-OH is 1. The molecule has 0 fully saturated rings. The summed E-state index contributed by atoms with van der Waals surface area (Å²) in [6.07, 6.45) is 1.53. The van der Waals surface area contributed by atoms with Crippen LogP contribution < -0.4 is 0 Å². The third kappa shape index (κ3) is 19.9. The number of unbranched alkanes of at least 4 members (excludes halogenated alkanes) is 1. The van der Waals surface area contributed by atoms with Crippen molar-refractivity contribution >= 4 is 17.5 Å². The van der Waals surface area contributed by atoms with E-state index in [9.17, 15) is 14.4 Å². The molecule has 0 rings (SSSR count). The van der Waals surface area contributed by atoms with E-state index in [2.05, 4.69) is 6.92 Å². The summed E-state index contributed by atoms with van der Waals surface area (Å²) < 4.78 is 0. The van der Waals surface area contributed by atoms with Crippen molar-refractivity contribution in [3.05, 3.63) is 0 Å². The zero-order chi connectivity index (χ0) is 11.6. The monoisotopic (exact) mass is 294 g/mol. The minimum absolute atomic E-state index is 0. The molecule has 0 aliphatic carbocycles. The van der Waals surface area contributed by atoms with E-state index in [4.69, 9.17) is 10.2 Å². The van der Waals surface area contributed by atoms with Crippen LogP contribution in [0.1, 0.15) is 33.1 Å². The zero-order valence-electron chi connectivity index (χ0n) is 8.95. The SMILES string of the molecule is CC(=O)CC(=O)C(=O)O.CCCCO.[Zr]. The molecule has 0 radical (unpaired) electrons. The minimum Gasteiger partial charge on any atom is -0.475 e. The van der Waals surface area contributed by atoms with Gasteiger partial charge >= 0.3 is 5.97 Å². The van der Waals surface area contributed by atoms with E-state index in [1.54, 1.807) is 0 Å². The number of aliphatic carboxylic acids is 1. The predicted octanol–water partition coefficient (Wildman–Crippen LogP) is 0.395. The molecule has 0 aliphatic heterocycles. The van der Waals surface area contributed by atoms with Crippen LogP contribution in [0.25, 0.3) is 0 Å². The molecule has 2 N–H and O–H groups in total. The zero-order valence-corrected chi connectivity index (χ0v) is 11.4. The summed E-state index contributed by atoms with van der Waals surface area (Å²) >= 11 is 0. The number of carbonyl (C=O) groups excluding carboxylic acids is 2. The maximum Gasteiger partial charge on any atom is 0.372 e. The molecular formula is C9H16O5Zr. The summed E-state index contributed by atoms with van der Waals surface area (Å²) in [6.45, 7) is 3.56. The van der Waals surface area contributed by atoms with E-state index in [0.29, 0.717) is 6.61 Å². The van der Waals surface area contributed by atoms with E-state index in [-0.39, 0.29) is 26.2 Å². The van der Waals surface area contributed by atoms with Gasteiger partial charge in [0.2, 0.25) is 5.78 Å². The number of Topliss-reactive ketones (excluding diaryl/α,β-unsaturated/α-hetero) is 2. The first-order valence-electron chi connectivity index (χ1n) is 4.32. The van der Waals surface area contributed by atoms with Gasteiger partial charge in [-0.2, -0.15) is 0 Å². The molecule has 86 valence electrons. The van der Waals surface area contributed by atoms with Gasteiger partial charge in [-0.25, -0.2) is 4.79 Å². The Hall–Kier alpha value is -0.347. The average molecular weight is 295 g/mol. The number of carboxylic acid groups (broad SMARTS) is 1. The quantitative estimate of drug-likeness (QED) is 0.566. The summed E-state index contributed by atoms with van der Waals surface area (Å²) in [4.78, 5) is 29.9. The first kappa shape index (κ1) is 20.1. The molecule has 0 atom stereocenters. The Kier molecular flexibility index (Phi) is 18.3. The number of aliphatic hydroxyl groups is 1. The van der Waals surface area contributed by atoms with Crippen molar-refractivity contribution in [3.63, 3.8) is 0 Å². The van der Waals surface area contributed by atoms with Gasteiger partial charge in [0.25, 0.3) is 0 Å². The van der Waals surface area contributed by atoms with E-state index in [1.165, 1.54) is 6.92 Å². The standard InChI is InChI=1S/C5H6O4.C4H10O.Zr/c1-3(6)2-4(7)5(8)9;1-2-3-4-5;/h2H2,1H3,(H,8,9);5H,2-4H2,1H3;. The third-order valence-electron chi connectivity index (χ3n) is 1.16. The van der Waals surface area contributed by atoms with E-state index < -0.39 is 24.0 Å². The summed E-state index contributed by atoms with van der Waals surface area (Å²) in [5.74, 6) is -3.03. The number of carboxylic acids is 1. The fourth-order valence-electron chi connectivity index (χ4n) is 0.460. The smallest absolute Gasteiger partial charge is 0.372 e. The number of rotatable bonds is 5. The average Bonchev–Trinajstić information content (AvgIpc) is 2.05. The van der Waals surface area contributed by atoms with Crippen molar-refractivity contribution in [2.45, 2.75) is 33.1 Å². The largest absolute Gasteiger partial charge is 0.475 e. The molecular weight excluding hydrogens is 279 g/mol. The van der Waals surface area contributed by atoms with Crippen LogP contribution in [0.4, 0.5) is 0 Å². The van der Waals surface area contributed by atoms with Crippen molar-refractivity contribution < 1.29 is 50.8 Å². The fraction of sp³-hybridized carbons (Fsp3) is 0.667. The van der Waals surface area contributed by atoms with Crippen molar-refractivity contribution in [2.24, 2.45) is 0 Å². The number of carbonyl (C=O) groups is 3. The Morgan fingerprint density at radius 3 is 1.73 bits per heavy atom. The van der Waals surface area contributed by atoms with Gasteiger partial charge in [0.1, 0.15) is 5.78 Å². The van der Waals surface area contributed by atoms with Gasteiger partial charge in [-0.3, -0.25) is 9.59 Å². The molecule has 0 saturated carbocycles. The van der Waals surface area contributed by atoms with Gasteiger partial charge < -0.3 is 10.2 Å². The second kappa shape index (κ2) is 13.7. The molecule has 15 heavy (non-hydrogen) atoms. The first-order valence-corrected chi connectivity index (χ1v) is 4.32. The molecule has 0 amide bonds. The molecule has 0 heterocycles. The van der Waals surface area contributed by atoms with Gasteiger partial charge in [0, 0.05) is 32.8 Å². The van der Waals surface area contributed by atoms with Crippen molar-refractivity contribution in [2.75, 3.05) is 6.61 Å². The topological polar surface area (TPSA) is 91.7 Å². The Morgan fingerprint density at radius 1 is 1.20 bits per heavy atom. The van der Waals surface area contributed by atoms with Gasteiger partial charge in [-0.05, 0) is 13.3 Å². The molecule has 6 heteroatoms. The van der Waals surface area contributed by atoms with Crippen LogP contribution >= 0.6 is 0 Å². The second-order valence-corrected chi connectivity index (χ2v) is 2.68. The first-order chi connectivity index (χ1) is 6.45. The van der Waals surface area contributed by atoms with Crippen LogP contribution in [0.2, 0.25) is 0 Å². The molecule has 0 bridgehead atoms.